The van der Waals surface area contributed by atoms with Crippen molar-refractivity contribution in [2.45, 2.75) is 19.7 Å². The van der Waals surface area contributed by atoms with E-state index in [0.29, 0.717) is 0 Å². The predicted molar refractivity (Wildman–Crippen MR) is 43.5 cm³/mol. The molecule has 0 atom stereocenters. The van der Waals surface area contributed by atoms with Crippen molar-refractivity contribution >= 4 is 26.7 Å². The van der Waals surface area contributed by atoms with E-state index in [-0.39, 0.29) is 0 Å². The summed E-state index contributed by atoms with van der Waals surface area (Å²) in [6, 6.07) is 0. The fraction of sp³-hybridized carbons (Fsp3) is 0.667. The number of hydrogen-bond acceptors (Lipinski definition) is 1. The van der Waals surface area contributed by atoms with Crippen LogP contribution in [0.2, 0.25) is 5.82 Å². The summed E-state index contributed by atoms with van der Waals surface area (Å²) in [5.74, 6) is 3.47. The first kappa shape index (κ1) is 8.61. The molecule has 0 radical (unpaired) electrons. The first-order valence-electron chi connectivity index (χ1n) is 2.68. The summed E-state index contributed by atoms with van der Waals surface area (Å²) >= 11 is 2.68. The Bertz CT molecular complexity index is 78.6. The van der Waals surface area contributed by atoms with Crippen LogP contribution < -0.4 is 0 Å². The average Bonchev–Trinajstić information content (AvgIpc) is 1.83. The second kappa shape index (κ2) is 5.74. The van der Waals surface area contributed by atoms with Gasteiger partial charge in [0.1, 0.15) is 0 Å². The zero-order valence-electron chi connectivity index (χ0n) is 5.60. The van der Waals surface area contributed by atoms with Gasteiger partial charge in [-0.15, -0.1) is 0 Å². The van der Waals surface area contributed by atoms with Crippen LogP contribution in [-0.4, -0.2) is 20.7 Å². The van der Waals surface area contributed by atoms with Gasteiger partial charge in [0, 0.05) is 0 Å². The summed E-state index contributed by atoms with van der Waals surface area (Å²) in [7, 11) is 0. The van der Waals surface area contributed by atoms with Gasteiger partial charge in [-0.05, 0) is 0 Å². The van der Waals surface area contributed by atoms with Crippen LogP contribution in [-0.2, 0) is 0 Å². The predicted octanol–water partition coefficient (Wildman–Crippen LogP) is 2.35. The summed E-state index contributed by atoms with van der Waals surface area (Å²) in [5.41, 5.74) is 0. The summed E-state index contributed by atoms with van der Waals surface area (Å²) in [6.45, 7) is 4.31. The molecule has 8 heavy (non-hydrogen) atoms. The molecule has 0 spiro atoms. The van der Waals surface area contributed by atoms with Crippen molar-refractivity contribution in [3.05, 3.63) is 9.88 Å². The van der Waals surface area contributed by atoms with E-state index in [0.717, 1.165) is 15.0 Å². The second-order valence-corrected chi connectivity index (χ2v) is 4.91. The van der Waals surface area contributed by atoms with Crippen molar-refractivity contribution in [3.63, 3.8) is 0 Å². The third-order valence-electron chi connectivity index (χ3n) is 0.723. The Balaban J connectivity index is 3.38. The fourth-order valence-corrected chi connectivity index (χ4v) is 2.95. The van der Waals surface area contributed by atoms with Crippen molar-refractivity contribution in [2.24, 2.45) is 0 Å². The Morgan fingerprint density at radius 2 is 2.38 bits per heavy atom. The Labute approximate surface area is 62.3 Å². The van der Waals surface area contributed by atoms with Gasteiger partial charge in [0.05, 0.1) is 0 Å². The first-order chi connectivity index (χ1) is 3.85. The van der Waals surface area contributed by atoms with Gasteiger partial charge in [-0.1, -0.05) is 0 Å². The standard InChI is InChI=1S/C6H12SSe/c1-4-6(8-3)7-5-2/h4H,5H2,1-3H3/b6-4+. The molecule has 0 heterocycles. The van der Waals surface area contributed by atoms with E-state index in [1.807, 2.05) is 11.8 Å². The van der Waals surface area contributed by atoms with Crippen LogP contribution in [0.5, 0.6) is 0 Å². The SMILES string of the molecule is C/C=C(\SCC)[Se]C. The molecule has 0 nitrogen and oxygen atoms in total. The van der Waals surface area contributed by atoms with Crippen molar-refractivity contribution in [1.82, 2.24) is 0 Å². The molecule has 0 unspecified atom stereocenters. The van der Waals surface area contributed by atoms with Crippen LogP contribution in [0, 0.1) is 0 Å². The van der Waals surface area contributed by atoms with E-state index in [1.165, 1.54) is 5.75 Å². The van der Waals surface area contributed by atoms with Gasteiger partial charge in [-0.2, -0.15) is 0 Å². The van der Waals surface area contributed by atoms with Crippen LogP contribution in [0.3, 0.4) is 0 Å². The zero-order valence-corrected chi connectivity index (χ0v) is 8.13. The van der Waals surface area contributed by atoms with Gasteiger partial charge < -0.3 is 0 Å². The Hall–Kier alpha value is 0.609. The van der Waals surface area contributed by atoms with Gasteiger partial charge in [0.15, 0.2) is 0 Å². The van der Waals surface area contributed by atoms with Gasteiger partial charge in [-0.25, -0.2) is 0 Å². The maximum atomic E-state index is 2.25. The molecule has 0 aliphatic rings. The molecule has 48 valence electrons. The zero-order chi connectivity index (χ0) is 6.41. The van der Waals surface area contributed by atoms with Crippen molar-refractivity contribution in [3.8, 4) is 0 Å². The topological polar surface area (TPSA) is 0 Å². The molecule has 0 aliphatic carbocycles. The van der Waals surface area contributed by atoms with E-state index in [1.54, 1.807) is 3.80 Å². The first-order valence-corrected chi connectivity index (χ1v) is 6.23. The number of thioether (sulfide) groups is 1. The molecular weight excluding hydrogens is 183 g/mol. The second-order valence-electron chi connectivity index (χ2n) is 1.24. The molecule has 0 aromatic rings. The third kappa shape index (κ3) is 3.59. The molecule has 0 amide bonds. The third-order valence-corrected chi connectivity index (χ3v) is 4.48. The van der Waals surface area contributed by atoms with Crippen molar-refractivity contribution < 1.29 is 0 Å². The molecule has 0 fully saturated rings. The van der Waals surface area contributed by atoms with E-state index < -0.39 is 0 Å². The Kier molecular flexibility index (Phi) is 6.18. The summed E-state index contributed by atoms with van der Waals surface area (Å²) < 4.78 is 1.57. The Morgan fingerprint density at radius 1 is 1.75 bits per heavy atom. The summed E-state index contributed by atoms with van der Waals surface area (Å²) in [4.78, 5) is 0. The number of allylic oxidation sites excluding steroid dienone is 1. The molecule has 0 saturated heterocycles. The molecule has 0 aromatic carbocycles. The molecule has 0 bridgehead atoms. The van der Waals surface area contributed by atoms with Gasteiger partial charge in [0.25, 0.3) is 0 Å². The number of rotatable bonds is 3. The molecule has 0 aromatic heterocycles. The quantitative estimate of drug-likeness (QED) is 0.623. The van der Waals surface area contributed by atoms with Crippen LogP contribution >= 0.6 is 11.8 Å². The summed E-state index contributed by atoms with van der Waals surface area (Å²) in [6.07, 6.45) is 2.22. The van der Waals surface area contributed by atoms with Crippen molar-refractivity contribution in [1.29, 1.82) is 0 Å². The normalized spacial score (nSPS) is 12.1. The maximum absolute atomic E-state index is 2.25. The monoisotopic (exact) mass is 196 g/mol. The van der Waals surface area contributed by atoms with Crippen LogP contribution in [0.1, 0.15) is 13.8 Å². The fourth-order valence-electron chi connectivity index (χ4n) is 0.402. The minimum absolute atomic E-state index is 0.718. The van der Waals surface area contributed by atoms with E-state index in [2.05, 4.69) is 25.7 Å². The van der Waals surface area contributed by atoms with E-state index in [9.17, 15) is 0 Å². The van der Waals surface area contributed by atoms with Crippen LogP contribution in [0.4, 0.5) is 0 Å². The molecule has 2 heteroatoms. The van der Waals surface area contributed by atoms with E-state index in [4.69, 9.17) is 0 Å². The number of hydrogen-bond donors (Lipinski definition) is 0. The molecule has 0 aliphatic heterocycles. The average molecular weight is 195 g/mol. The van der Waals surface area contributed by atoms with Gasteiger partial charge in [0.2, 0.25) is 0 Å². The van der Waals surface area contributed by atoms with Crippen LogP contribution in [0.25, 0.3) is 0 Å². The molecule has 0 saturated carbocycles. The molecule has 0 rings (SSSR count). The van der Waals surface area contributed by atoms with Gasteiger partial charge >= 0.3 is 62.0 Å². The van der Waals surface area contributed by atoms with Gasteiger partial charge in [-0.3, -0.25) is 0 Å². The summed E-state index contributed by atoms with van der Waals surface area (Å²) in [5, 5.41) is 0. The molecule has 0 N–H and O–H groups in total. The molecular formula is C6H12SSe. The Morgan fingerprint density at radius 3 is 2.50 bits per heavy atom. The van der Waals surface area contributed by atoms with Crippen molar-refractivity contribution in [2.75, 3.05) is 5.75 Å². The van der Waals surface area contributed by atoms with E-state index >= 15 is 0 Å². The minimum atomic E-state index is 0.718. The van der Waals surface area contributed by atoms with Crippen LogP contribution in [0.15, 0.2) is 9.88 Å².